The van der Waals surface area contributed by atoms with E-state index in [0.29, 0.717) is 22.3 Å². The summed E-state index contributed by atoms with van der Waals surface area (Å²) in [7, 11) is 0. The molecule has 4 aliphatic carbocycles. The number of rotatable bonds is 3. The van der Waals surface area contributed by atoms with Crippen molar-refractivity contribution in [3.63, 3.8) is 0 Å². The number of Topliss-reactive ketones (excluding diaryl/α,β-unsaturated/α-hetero) is 1. The predicted molar refractivity (Wildman–Crippen MR) is 131 cm³/mol. The SMILES string of the molecule is CC(=O)/C(=C(/C)O)c1ccc(C2CC[C@@]3(C)C4=CC[C@@]5(C)CCC[C@@H]5[C@H]4CCC3C2)cc1. The van der Waals surface area contributed by atoms with Crippen LogP contribution in [0.25, 0.3) is 5.57 Å². The van der Waals surface area contributed by atoms with Crippen LogP contribution in [0.3, 0.4) is 0 Å². The maximum Gasteiger partial charge on any atom is 0.163 e. The minimum absolute atomic E-state index is 0.0814. The van der Waals surface area contributed by atoms with Gasteiger partial charge in [0.1, 0.15) is 5.76 Å². The van der Waals surface area contributed by atoms with Crippen LogP contribution in [0, 0.1) is 28.6 Å². The third-order valence-electron chi connectivity index (χ3n) is 10.2. The van der Waals surface area contributed by atoms with Crippen LogP contribution in [0.4, 0.5) is 0 Å². The quantitative estimate of drug-likeness (QED) is 0.298. The fraction of sp³-hybridized carbons (Fsp3) is 0.633. The van der Waals surface area contributed by atoms with Gasteiger partial charge in [0.05, 0.1) is 5.57 Å². The predicted octanol–water partition coefficient (Wildman–Crippen LogP) is 8.00. The highest BCUT2D eigenvalue weighted by molar-refractivity contribution is 6.20. The molecule has 0 heterocycles. The van der Waals surface area contributed by atoms with Crippen LogP contribution >= 0.6 is 0 Å². The monoisotopic (exact) mass is 432 g/mol. The fourth-order valence-electron chi connectivity index (χ4n) is 8.41. The zero-order valence-electron chi connectivity index (χ0n) is 20.4. The lowest BCUT2D eigenvalue weighted by atomic mass is 9.48. The molecule has 1 aromatic rings. The normalized spacial score (nSPS) is 39.3. The summed E-state index contributed by atoms with van der Waals surface area (Å²) in [4.78, 5) is 11.9. The molecule has 2 unspecified atom stereocenters. The number of aliphatic hydroxyl groups is 1. The van der Waals surface area contributed by atoms with Crippen molar-refractivity contribution in [3.05, 3.63) is 52.8 Å². The van der Waals surface area contributed by atoms with E-state index in [1.807, 2.05) is 17.7 Å². The van der Waals surface area contributed by atoms with Crippen molar-refractivity contribution in [1.29, 1.82) is 0 Å². The summed E-state index contributed by atoms with van der Waals surface area (Å²) >= 11 is 0. The summed E-state index contributed by atoms with van der Waals surface area (Å²) < 4.78 is 0. The van der Waals surface area contributed by atoms with Gasteiger partial charge in [0.2, 0.25) is 0 Å². The lowest BCUT2D eigenvalue weighted by Gasteiger charge is -2.56. The van der Waals surface area contributed by atoms with E-state index < -0.39 is 0 Å². The van der Waals surface area contributed by atoms with Crippen molar-refractivity contribution >= 4 is 11.4 Å². The highest BCUT2D eigenvalue weighted by Gasteiger charge is 2.54. The van der Waals surface area contributed by atoms with Crippen LogP contribution in [-0.2, 0) is 4.79 Å². The molecular formula is C30H40O2. The number of carbonyl (C=O) groups is 1. The topological polar surface area (TPSA) is 37.3 Å². The van der Waals surface area contributed by atoms with Crippen LogP contribution in [0.5, 0.6) is 0 Å². The first-order chi connectivity index (χ1) is 15.2. The second-order valence-corrected chi connectivity index (χ2v) is 11.9. The van der Waals surface area contributed by atoms with Gasteiger partial charge in [0, 0.05) is 0 Å². The van der Waals surface area contributed by atoms with Gasteiger partial charge >= 0.3 is 0 Å². The van der Waals surface area contributed by atoms with Gasteiger partial charge in [0.15, 0.2) is 5.78 Å². The Hall–Kier alpha value is -1.83. The number of allylic oxidation sites excluding steroid dienone is 4. The van der Waals surface area contributed by atoms with Gasteiger partial charge in [-0.1, -0.05) is 56.2 Å². The smallest absolute Gasteiger partial charge is 0.163 e. The van der Waals surface area contributed by atoms with Crippen molar-refractivity contribution in [1.82, 2.24) is 0 Å². The molecule has 172 valence electrons. The maximum absolute atomic E-state index is 11.9. The molecule has 3 saturated carbocycles. The van der Waals surface area contributed by atoms with Crippen LogP contribution in [0.15, 0.2) is 41.7 Å². The number of hydrogen-bond donors (Lipinski definition) is 1. The fourth-order valence-corrected chi connectivity index (χ4v) is 8.41. The second-order valence-electron chi connectivity index (χ2n) is 11.9. The van der Waals surface area contributed by atoms with E-state index in [2.05, 4.69) is 32.1 Å². The molecule has 0 aliphatic heterocycles. The minimum atomic E-state index is -0.0814. The molecule has 32 heavy (non-hydrogen) atoms. The Morgan fingerprint density at radius 3 is 2.44 bits per heavy atom. The van der Waals surface area contributed by atoms with Crippen molar-refractivity contribution < 1.29 is 9.90 Å². The second kappa shape index (κ2) is 7.89. The Morgan fingerprint density at radius 2 is 1.75 bits per heavy atom. The Kier molecular flexibility index (Phi) is 5.42. The third kappa shape index (κ3) is 3.40. The zero-order valence-corrected chi connectivity index (χ0v) is 20.4. The van der Waals surface area contributed by atoms with Gasteiger partial charge in [-0.3, -0.25) is 4.79 Å². The summed E-state index contributed by atoms with van der Waals surface area (Å²) in [6.07, 6.45) is 15.0. The maximum atomic E-state index is 11.9. The average Bonchev–Trinajstić information content (AvgIpc) is 3.15. The lowest BCUT2D eigenvalue weighted by molar-refractivity contribution is -0.111. The molecule has 0 amide bonds. The molecule has 4 aliphatic rings. The Balaban J connectivity index is 1.35. The van der Waals surface area contributed by atoms with Crippen molar-refractivity contribution in [3.8, 4) is 0 Å². The lowest BCUT2D eigenvalue weighted by Crippen LogP contribution is -2.46. The molecule has 0 aromatic heterocycles. The van der Waals surface area contributed by atoms with Crippen molar-refractivity contribution in [2.45, 2.75) is 91.4 Å². The van der Waals surface area contributed by atoms with Gasteiger partial charge < -0.3 is 5.11 Å². The molecule has 2 nitrogen and oxygen atoms in total. The summed E-state index contributed by atoms with van der Waals surface area (Å²) in [6.45, 7) is 8.28. The first-order valence-electron chi connectivity index (χ1n) is 12.9. The van der Waals surface area contributed by atoms with Crippen molar-refractivity contribution in [2.24, 2.45) is 28.6 Å². The minimum Gasteiger partial charge on any atom is -0.512 e. The summed E-state index contributed by atoms with van der Waals surface area (Å²) in [5.41, 5.74) is 5.50. The highest BCUT2D eigenvalue weighted by atomic mass is 16.3. The van der Waals surface area contributed by atoms with Crippen LogP contribution in [0.2, 0.25) is 0 Å². The molecule has 1 aromatic carbocycles. The van der Waals surface area contributed by atoms with Crippen LogP contribution in [-0.4, -0.2) is 10.9 Å². The Morgan fingerprint density at radius 1 is 1.00 bits per heavy atom. The van der Waals surface area contributed by atoms with Crippen molar-refractivity contribution in [2.75, 3.05) is 0 Å². The molecule has 3 fully saturated rings. The summed E-state index contributed by atoms with van der Waals surface area (Å²) in [5.74, 6) is 3.22. The first-order valence-corrected chi connectivity index (χ1v) is 12.9. The van der Waals surface area contributed by atoms with Gasteiger partial charge in [0.25, 0.3) is 0 Å². The molecule has 0 bridgehead atoms. The molecule has 6 atom stereocenters. The Bertz CT molecular complexity index is 963. The van der Waals surface area contributed by atoms with Crippen LogP contribution in [0.1, 0.15) is 103 Å². The third-order valence-corrected chi connectivity index (χ3v) is 10.2. The van der Waals surface area contributed by atoms with E-state index in [-0.39, 0.29) is 11.5 Å². The molecule has 0 saturated heterocycles. The Labute approximate surface area is 194 Å². The van der Waals surface area contributed by atoms with E-state index in [1.165, 1.54) is 70.3 Å². The number of hydrogen-bond acceptors (Lipinski definition) is 2. The van der Waals surface area contributed by atoms with E-state index in [9.17, 15) is 9.90 Å². The zero-order chi connectivity index (χ0) is 22.7. The molecule has 0 radical (unpaired) electrons. The van der Waals surface area contributed by atoms with Gasteiger partial charge in [-0.05, 0) is 111 Å². The van der Waals surface area contributed by atoms with Crippen LogP contribution < -0.4 is 0 Å². The van der Waals surface area contributed by atoms with Gasteiger partial charge in [-0.2, -0.15) is 0 Å². The number of fused-ring (bicyclic) bond motifs is 5. The first kappa shape index (κ1) is 22.0. The van der Waals surface area contributed by atoms with Gasteiger partial charge in [-0.25, -0.2) is 0 Å². The molecular weight excluding hydrogens is 392 g/mol. The number of benzene rings is 1. The summed E-state index contributed by atoms with van der Waals surface area (Å²) in [6, 6.07) is 8.45. The molecule has 5 rings (SSSR count). The molecule has 2 heteroatoms. The van der Waals surface area contributed by atoms with E-state index >= 15 is 0 Å². The molecule has 1 N–H and O–H groups in total. The number of ketones is 1. The number of aliphatic hydroxyl groups excluding tert-OH is 1. The largest absolute Gasteiger partial charge is 0.512 e. The van der Waals surface area contributed by atoms with Gasteiger partial charge in [-0.15, -0.1) is 0 Å². The highest BCUT2D eigenvalue weighted by Crippen LogP contribution is 2.65. The number of carbonyl (C=O) groups excluding carboxylic acids is 1. The standard InChI is InChI=1S/C30H40O2/c1-19(31)28(20(2)32)22-9-7-21(8-10-22)23-13-17-30(4)24(18-23)11-12-25-26-6-5-15-29(26,3)16-14-27(25)30/h7-10,14,23-26,31H,5-6,11-13,15-18H2,1-4H3/b28-19+/t23?,24?,25-,26-,29-,30-/m1/s1. The van der Waals surface area contributed by atoms with E-state index in [0.717, 1.165) is 23.3 Å². The van der Waals surface area contributed by atoms with E-state index in [1.54, 1.807) is 6.92 Å². The average molecular weight is 433 g/mol. The van der Waals surface area contributed by atoms with E-state index in [4.69, 9.17) is 0 Å². The molecule has 0 spiro atoms. The summed E-state index contributed by atoms with van der Waals surface area (Å²) in [5, 5.41) is 9.93.